The Morgan fingerprint density at radius 3 is 2.33 bits per heavy atom. The summed E-state index contributed by atoms with van der Waals surface area (Å²) in [6.45, 7) is 0.0747. The van der Waals surface area contributed by atoms with Crippen molar-refractivity contribution in [2.24, 2.45) is 0 Å². The van der Waals surface area contributed by atoms with Crippen LogP contribution in [0.15, 0.2) is 78.9 Å². The van der Waals surface area contributed by atoms with Gasteiger partial charge in [-0.1, -0.05) is 42.5 Å². The van der Waals surface area contributed by atoms with Gasteiger partial charge in [0.05, 0.1) is 12.1 Å². The van der Waals surface area contributed by atoms with Crippen molar-refractivity contribution in [1.29, 1.82) is 5.41 Å². The highest BCUT2D eigenvalue weighted by Gasteiger charge is 2.07. The fraction of sp³-hybridized carbons (Fsp3) is 0.0909. The van der Waals surface area contributed by atoms with Gasteiger partial charge < -0.3 is 20.0 Å². The van der Waals surface area contributed by atoms with Crippen molar-refractivity contribution in [1.82, 2.24) is 0 Å². The Labute approximate surface area is 157 Å². The summed E-state index contributed by atoms with van der Waals surface area (Å²) in [7, 11) is 0. The maximum Gasteiger partial charge on any atom is 0.307 e. The van der Waals surface area contributed by atoms with Gasteiger partial charge in [-0.2, -0.15) is 0 Å². The van der Waals surface area contributed by atoms with Crippen molar-refractivity contribution in [2.75, 3.05) is 6.61 Å². The van der Waals surface area contributed by atoms with Crippen LogP contribution < -0.4 is 9.47 Å². The van der Waals surface area contributed by atoms with Crippen LogP contribution in [0.1, 0.15) is 11.1 Å². The lowest BCUT2D eigenvalue weighted by atomic mass is 10.1. The Kier molecular flexibility index (Phi) is 5.84. The number of para-hydroxylation sites is 1. The second kappa shape index (κ2) is 8.67. The normalized spacial score (nSPS) is 10.2. The molecule has 0 saturated heterocycles. The summed E-state index contributed by atoms with van der Waals surface area (Å²) in [5, 5.41) is 17.1. The molecule has 136 valence electrons. The maximum atomic E-state index is 10.8. The van der Waals surface area contributed by atoms with Gasteiger partial charge in [-0.3, -0.25) is 4.79 Å². The third kappa shape index (κ3) is 5.44. The Morgan fingerprint density at radius 2 is 1.56 bits per heavy atom. The van der Waals surface area contributed by atoms with Crippen molar-refractivity contribution in [2.45, 2.75) is 6.42 Å². The van der Waals surface area contributed by atoms with Crippen LogP contribution in [-0.4, -0.2) is 23.4 Å². The third-order valence-electron chi connectivity index (χ3n) is 3.80. The van der Waals surface area contributed by atoms with E-state index in [1.54, 1.807) is 30.3 Å². The van der Waals surface area contributed by atoms with Crippen molar-refractivity contribution >= 4 is 11.7 Å². The SMILES string of the molecule is N=C(COc1cccc(CC(=O)O)c1)c1cccc(Oc2ccccc2)c1. The molecule has 0 aliphatic heterocycles. The number of rotatable bonds is 8. The van der Waals surface area contributed by atoms with Crippen LogP contribution in [0.3, 0.4) is 0 Å². The van der Waals surface area contributed by atoms with Gasteiger partial charge in [0, 0.05) is 5.56 Å². The molecule has 0 saturated carbocycles. The van der Waals surface area contributed by atoms with Crippen LogP contribution in [0.25, 0.3) is 0 Å². The molecule has 0 atom stereocenters. The van der Waals surface area contributed by atoms with Gasteiger partial charge in [0.2, 0.25) is 0 Å². The molecule has 27 heavy (non-hydrogen) atoms. The van der Waals surface area contributed by atoms with E-state index in [4.69, 9.17) is 20.0 Å². The number of hydrogen-bond donors (Lipinski definition) is 2. The number of benzene rings is 3. The van der Waals surface area contributed by atoms with E-state index in [-0.39, 0.29) is 13.0 Å². The average Bonchev–Trinajstić information content (AvgIpc) is 2.67. The molecule has 3 aromatic carbocycles. The molecule has 0 bridgehead atoms. The van der Waals surface area contributed by atoms with Gasteiger partial charge >= 0.3 is 5.97 Å². The van der Waals surface area contributed by atoms with E-state index < -0.39 is 5.97 Å². The Morgan fingerprint density at radius 1 is 0.852 bits per heavy atom. The first-order valence-corrected chi connectivity index (χ1v) is 8.44. The van der Waals surface area contributed by atoms with Crippen molar-refractivity contribution in [3.63, 3.8) is 0 Å². The lowest BCUT2D eigenvalue weighted by molar-refractivity contribution is -0.136. The monoisotopic (exact) mass is 361 g/mol. The molecule has 5 nitrogen and oxygen atoms in total. The van der Waals surface area contributed by atoms with Crippen LogP contribution in [0, 0.1) is 5.41 Å². The molecule has 5 heteroatoms. The van der Waals surface area contributed by atoms with E-state index in [0.29, 0.717) is 28.3 Å². The van der Waals surface area contributed by atoms with Gasteiger partial charge in [0.25, 0.3) is 0 Å². The van der Waals surface area contributed by atoms with Crippen molar-refractivity contribution in [3.8, 4) is 17.2 Å². The topological polar surface area (TPSA) is 79.6 Å². The fourth-order valence-electron chi connectivity index (χ4n) is 2.53. The summed E-state index contributed by atoms with van der Waals surface area (Å²) in [6, 6.07) is 23.6. The molecule has 0 fully saturated rings. The van der Waals surface area contributed by atoms with E-state index in [1.807, 2.05) is 48.5 Å². The second-order valence-electron chi connectivity index (χ2n) is 5.93. The Hall–Kier alpha value is -3.60. The highest BCUT2D eigenvalue weighted by Crippen LogP contribution is 2.22. The lowest BCUT2D eigenvalue weighted by Crippen LogP contribution is -2.12. The van der Waals surface area contributed by atoms with Gasteiger partial charge in [-0.15, -0.1) is 0 Å². The molecule has 2 N–H and O–H groups in total. The summed E-state index contributed by atoms with van der Waals surface area (Å²) in [5.74, 6) is 1.02. The van der Waals surface area contributed by atoms with E-state index >= 15 is 0 Å². The Bertz CT molecular complexity index is 938. The zero-order valence-electron chi connectivity index (χ0n) is 14.6. The van der Waals surface area contributed by atoms with Crippen LogP contribution in [0.5, 0.6) is 17.2 Å². The van der Waals surface area contributed by atoms with Crippen molar-refractivity contribution < 1.29 is 19.4 Å². The molecule has 0 heterocycles. The van der Waals surface area contributed by atoms with Crippen LogP contribution in [0.2, 0.25) is 0 Å². The molecular formula is C22H19NO4. The van der Waals surface area contributed by atoms with Crippen LogP contribution in [-0.2, 0) is 11.2 Å². The fourth-order valence-corrected chi connectivity index (χ4v) is 2.53. The molecule has 0 radical (unpaired) electrons. The van der Waals surface area contributed by atoms with E-state index in [9.17, 15) is 4.79 Å². The summed E-state index contributed by atoms with van der Waals surface area (Å²) in [6.07, 6.45) is -0.0620. The largest absolute Gasteiger partial charge is 0.487 e. The van der Waals surface area contributed by atoms with E-state index in [1.165, 1.54) is 0 Å². The van der Waals surface area contributed by atoms with Crippen LogP contribution >= 0.6 is 0 Å². The molecule has 0 spiro atoms. The minimum atomic E-state index is -0.893. The zero-order valence-corrected chi connectivity index (χ0v) is 14.6. The summed E-state index contributed by atoms with van der Waals surface area (Å²) in [5.41, 5.74) is 1.66. The predicted octanol–water partition coefficient (Wildman–Crippen LogP) is 4.55. The average molecular weight is 361 g/mol. The number of hydrogen-bond acceptors (Lipinski definition) is 4. The number of ether oxygens (including phenoxy) is 2. The summed E-state index contributed by atoms with van der Waals surface area (Å²) in [4.78, 5) is 10.8. The van der Waals surface area contributed by atoms with E-state index in [2.05, 4.69) is 0 Å². The molecule has 3 rings (SSSR count). The molecule has 3 aromatic rings. The summed E-state index contributed by atoms with van der Waals surface area (Å²) >= 11 is 0. The van der Waals surface area contributed by atoms with Crippen LogP contribution in [0.4, 0.5) is 0 Å². The van der Waals surface area contributed by atoms with Gasteiger partial charge in [0.15, 0.2) is 0 Å². The number of carbonyl (C=O) groups is 1. The zero-order chi connectivity index (χ0) is 19.1. The van der Waals surface area contributed by atoms with Crippen molar-refractivity contribution in [3.05, 3.63) is 90.0 Å². The number of nitrogens with one attached hydrogen (secondary N) is 1. The van der Waals surface area contributed by atoms with Gasteiger partial charge in [0.1, 0.15) is 23.9 Å². The first-order valence-electron chi connectivity index (χ1n) is 8.44. The molecular weight excluding hydrogens is 342 g/mol. The highest BCUT2D eigenvalue weighted by molar-refractivity contribution is 5.99. The minimum Gasteiger partial charge on any atom is -0.487 e. The third-order valence-corrected chi connectivity index (χ3v) is 3.80. The Balaban J connectivity index is 1.63. The first-order chi connectivity index (χ1) is 13.1. The molecule has 0 aliphatic carbocycles. The summed E-state index contributed by atoms with van der Waals surface area (Å²) < 4.78 is 11.4. The smallest absolute Gasteiger partial charge is 0.307 e. The quantitative estimate of drug-likeness (QED) is 0.577. The second-order valence-corrected chi connectivity index (χ2v) is 5.93. The molecule has 0 aromatic heterocycles. The highest BCUT2D eigenvalue weighted by atomic mass is 16.5. The number of aliphatic carboxylic acids is 1. The first kappa shape index (κ1) is 18.2. The maximum absolute atomic E-state index is 10.8. The molecule has 0 aliphatic rings. The lowest BCUT2D eigenvalue weighted by Gasteiger charge is -2.10. The molecule has 0 unspecified atom stereocenters. The van der Waals surface area contributed by atoms with E-state index in [0.717, 1.165) is 5.75 Å². The standard InChI is InChI=1S/C22H19NO4/c23-21(15-26-19-10-4-6-16(12-19)13-22(24)25)17-7-5-11-20(14-17)27-18-8-2-1-3-9-18/h1-12,14,23H,13,15H2,(H,24,25). The van der Waals surface area contributed by atoms with Gasteiger partial charge in [-0.25, -0.2) is 0 Å². The van der Waals surface area contributed by atoms with Gasteiger partial charge in [-0.05, 0) is 42.0 Å². The number of carboxylic acids is 1. The molecule has 0 amide bonds. The predicted molar refractivity (Wildman–Crippen MR) is 103 cm³/mol. The minimum absolute atomic E-state index is 0.0620. The number of carboxylic acid groups (broad SMARTS) is 1.